The van der Waals surface area contributed by atoms with Crippen molar-refractivity contribution in [2.24, 2.45) is 0 Å². The highest BCUT2D eigenvalue weighted by Gasteiger charge is 2.39. The molecule has 0 saturated carbocycles. The molecule has 1 unspecified atom stereocenters. The Balaban J connectivity index is 1.74. The molecule has 0 aliphatic heterocycles. The van der Waals surface area contributed by atoms with Gasteiger partial charge in [0.05, 0.1) is 47.4 Å². The number of nitrogens with one attached hydrogen (secondary N) is 1. The maximum Gasteiger partial charge on any atom is 0.192 e. The molecule has 0 spiro atoms. The zero-order valence-electron chi connectivity index (χ0n) is 35.5. The van der Waals surface area contributed by atoms with Crippen LogP contribution in [0.1, 0.15) is 86.2 Å². The van der Waals surface area contributed by atoms with Crippen molar-refractivity contribution < 1.29 is 27.3 Å². The van der Waals surface area contributed by atoms with Crippen LogP contribution in [0, 0.1) is 0 Å². The van der Waals surface area contributed by atoms with Crippen molar-refractivity contribution in [1.29, 1.82) is 0 Å². The van der Waals surface area contributed by atoms with E-state index in [1.165, 1.54) is 0 Å². The van der Waals surface area contributed by atoms with E-state index in [0.717, 1.165) is 22.2 Å². The van der Waals surface area contributed by atoms with Gasteiger partial charge in [0.25, 0.3) is 0 Å². The zero-order valence-corrected chi connectivity index (χ0v) is 38.3. The van der Waals surface area contributed by atoms with Gasteiger partial charge in [-0.05, 0) is 93.4 Å². The molecule has 0 fully saturated rings. The van der Waals surface area contributed by atoms with E-state index in [9.17, 15) is 4.55 Å². The van der Waals surface area contributed by atoms with Crippen LogP contribution in [0.2, 0.25) is 36.3 Å². The van der Waals surface area contributed by atoms with Gasteiger partial charge in [-0.15, -0.1) is 4.72 Å². The van der Waals surface area contributed by atoms with Crippen molar-refractivity contribution in [1.82, 2.24) is 24.5 Å². The molecule has 14 heteroatoms. The number of hydrogen-bond donors (Lipinski definition) is 1. The van der Waals surface area contributed by atoms with E-state index in [4.69, 9.17) is 33.4 Å². The fraction of sp³-hybridized carbons (Fsp3) is 0.585. The number of pyridine rings is 2. The lowest BCUT2D eigenvalue weighted by Crippen LogP contribution is -2.45. The Hall–Kier alpha value is -2.70. The summed E-state index contributed by atoms with van der Waals surface area (Å²) in [7, 11) is -2.44. The minimum Gasteiger partial charge on any atom is -0.598 e. The van der Waals surface area contributed by atoms with Gasteiger partial charge in [0.15, 0.2) is 22.5 Å². The topological polar surface area (TPSA) is 116 Å². The Morgan fingerprint density at radius 2 is 1.51 bits per heavy atom. The van der Waals surface area contributed by atoms with Crippen LogP contribution in [0.15, 0.2) is 54.7 Å². The number of benzene rings is 1. The molecule has 0 radical (unpaired) electrons. The molecule has 10 nitrogen and oxygen atoms in total. The summed E-state index contributed by atoms with van der Waals surface area (Å²) >= 11 is -1.55. The first-order valence-electron chi connectivity index (χ1n) is 19.1. The molecule has 1 N–H and O–H groups in total. The van der Waals surface area contributed by atoms with Gasteiger partial charge in [0, 0.05) is 37.1 Å². The lowest BCUT2D eigenvalue weighted by Gasteiger charge is -2.36. The first-order valence-corrected chi connectivity index (χ1v) is 26.1. The summed E-state index contributed by atoms with van der Waals surface area (Å²) < 4.78 is 58.4. The molecule has 0 saturated heterocycles. The van der Waals surface area contributed by atoms with Crippen molar-refractivity contribution in [3.8, 4) is 22.8 Å². The van der Waals surface area contributed by atoms with Crippen LogP contribution in [-0.4, -0.2) is 78.8 Å². The van der Waals surface area contributed by atoms with Crippen LogP contribution < -0.4 is 9.46 Å². The third-order valence-corrected chi connectivity index (χ3v) is 21.4. The molecular formula is C41H64FN5O5SSi2. The summed E-state index contributed by atoms with van der Waals surface area (Å²) in [5.74, 6) is 1.25. The van der Waals surface area contributed by atoms with E-state index < -0.39 is 45.0 Å². The first kappa shape index (κ1) is 45.0. The largest absolute Gasteiger partial charge is 0.598 e. The van der Waals surface area contributed by atoms with Gasteiger partial charge in [-0.2, -0.15) is 5.10 Å². The third-order valence-electron chi connectivity index (χ3n) is 10.8. The summed E-state index contributed by atoms with van der Waals surface area (Å²) in [6, 6.07) is 14.3. The molecule has 4 aromatic rings. The number of ether oxygens (including phenoxy) is 2. The normalized spacial score (nSPS) is 15.0. The van der Waals surface area contributed by atoms with Gasteiger partial charge in [0.1, 0.15) is 29.3 Å². The summed E-state index contributed by atoms with van der Waals surface area (Å²) in [4.78, 5) is 9.95. The van der Waals surface area contributed by atoms with E-state index in [0.29, 0.717) is 42.8 Å². The molecule has 3 atom stereocenters. The highest BCUT2D eigenvalue weighted by atomic mass is 32.2. The van der Waals surface area contributed by atoms with E-state index in [1.54, 1.807) is 24.1 Å². The van der Waals surface area contributed by atoms with Gasteiger partial charge < -0.3 is 22.9 Å². The van der Waals surface area contributed by atoms with Gasteiger partial charge in [0.2, 0.25) is 0 Å². The van der Waals surface area contributed by atoms with Crippen molar-refractivity contribution >= 4 is 38.9 Å². The second-order valence-corrected chi connectivity index (χ2v) is 29.8. The Morgan fingerprint density at radius 1 is 0.855 bits per heavy atom. The third kappa shape index (κ3) is 11.5. The molecule has 1 aromatic carbocycles. The standard InChI is InChI=1S/C41H64FN5O5SSi2/c1-39(2,3)53(48)46-38(32(42)21-22-51-54(11,12)40(4,5)6)34-19-16-18-33(45-34)29-25-35-31(36(26-29)50-24-23-49-10)27-43-47(35)37-20-15-17-30(44-37)28-52-55(13,14)41(7,8)9/h15-20,25-27,32,38,46H,21-24,28H2,1-14H3/t32?,38-,53-/m1/s1. The predicted octanol–water partition coefficient (Wildman–Crippen LogP) is 9.87. The minimum absolute atomic E-state index is 0.000647. The van der Waals surface area contributed by atoms with E-state index in [-0.39, 0.29) is 23.1 Å². The Labute approximate surface area is 333 Å². The second-order valence-electron chi connectivity index (χ2n) is 18.2. The number of halogens is 1. The van der Waals surface area contributed by atoms with Gasteiger partial charge >= 0.3 is 0 Å². The fourth-order valence-electron chi connectivity index (χ4n) is 5.12. The SMILES string of the molecule is COCCOc1cc(-c2cccc([C@H](N[S@+]([O-])C(C)(C)C)C(F)CCO[Si](C)(C)C(C)(C)C)n2)cc2c1cnn2-c1cccc(CO[Si](C)(C)C(C)(C)C)n1. The Morgan fingerprint density at radius 3 is 2.15 bits per heavy atom. The molecule has 3 aromatic heterocycles. The van der Waals surface area contributed by atoms with Crippen LogP contribution in [0.3, 0.4) is 0 Å². The number of nitrogens with zero attached hydrogens (tertiary/aromatic N) is 4. The highest BCUT2D eigenvalue weighted by molar-refractivity contribution is 7.90. The smallest absolute Gasteiger partial charge is 0.192 e. The fourth-order valence-corrected chi connectivity index (χ4v) is 7.98. The maximum atomic E-state index is 16.4. The highest BCUT2D eigenvalue weighted by Crippen LogP contribution is 2.39. The Bertz CT molecular complexity index is 1870. The minimum atomic E-state index is -2.09. The van der Waals surface area contributed by atoms with E-state index >= 15 is 4.39 Å². The molecule has 0 aliphatic rings. The molecule has 304 valence electrons. The van der Waals surface area contributed by atoms with Crippen molar-refractivity contribution in [3.05, 3.63) is 66.1 Å². The molecule has 0 aliphatic carbocycles. The number of fused-ring (bicyclic) bond motifs is 1. The molecule has 4 rings (SSSR count). The monoisotopic (exact) mass is 813 g/mol. The van der Waals surface area contributed by atoms with E-state index in [1.807, 2.05) is 63.2 Å². The van der Waals surface area contributed by atoms with E-state index in [2.05, 4.69) is 72.5 Å². The average Bonchev–Trinajstić information content (AvgIpc) is 3.53. The molecule has 3 heterocycles. The number of methoxy groups -OCH3 is 1. The number of alkyl halides is 1. The first-order chi connectivity index (χ1) is 25.4. The number of aromatic nitrogens is 4. The van der Waals surface area contributed by atoms with Crippen LogP contribution in [0.5, 0.6) is 5.75 Å². The molecule has 0 amide bonds. The van der Waals surface area contributed by atoms with Gasteiger partial charge in [-0.1, -0.05) is 53.7 Å². The second kappa shape index (κ2) is 17.8. The van der Waals surface area contributed by atoms with Crippen LogP contribution in [-0.2, 0) is 31.6 Å². The lowest BCUT2D eigenvalue weighted by atomic mass is 10.0. The van der Waals surface area contributed by atoms with Gasteiger partial charge in [-0.25, -0.2) is 14.1 Å². The van der Waals surface area contributed by atoms with Crippen LogP contribution in [0.25, 0.3) is 28.0 Å². The zero-order chi connectivity index (χ0) is 41.0. The van der Waals surface area contributed by atoms with Crippen molar-refractivity contribution in [2.45, 2.75) is 129 Å². The summed E-state index contributed by atoms with van der Waals surface area (Å²) in [6.07, 6.45) is 0.495. The summed E-state index contributed by atoms with van der Waals surface area (Å²) in [5, 5.41) is 5.63. The van der Waals surface area contributed by atoms with Crippen LogP contribution in [0.4, 0.5) is 4.39 Å². The number of hydrogen-bond acceptors (Lipinski definition) is 9. The summed E-state index contributed by atoms with van der Waals surface area (Å²) in [5.41, 5.74) is 3.37. The van der Waals surface area contributed by atoms with Crippen LogP contribution >= 0.6 is 0 Å². The molecular weight excluding hydrogens is 750 g/mol. The van der Waals surface area contributed by atoms with Gasteiger partial charge in [-0.3, -0.25) is 4.98 Å². The van der Waals surface area contributed by atoms with Crippen molar-refractivity contribution in [2.75, 3.05) is 26.9 Å². The average molecular weight is 814 g/mol. The quantitative estimate of drug-likeness (QED) is 0.0632. The molecule has 0 bridgehead atoms. The van der Waals surface area contributed by atoms with Crippen molar-refractivity contribution in [3.63, 3.8) is 0 Å². The Kier molecular flexibility index (Phi) is 14.6. The number of rotatable bonds is 17. The lowest BCUT2D eigenvalue weighted by molar-refractivity contribution is 0.147. The molecule has 55 heavy (non-hydrogen) atoms. The predicted molar refractivity (Wildman–Crippen MR) is 228 cm³/mol. The maximum absolute atomic E-state index is 16.4. The summed E-state index contributed by atoms with van der Waals surface area (Å²) in [6.45, 7) is 28.9.